The smallest absolute Gasteiger partial charge is 0.191 e. The largest absolute Gasteiger partial charge is 0.388 e. The molecule has 0 heterocycles. The van der Waals surface area contributed by atoms with Gasteiger partial charge in [0.25, 0.3) is 0 Å². The van der Waals surface area contributed by atoms with Crippen LogP contribution in [0.2, 0.25) is 0 Å². The average Bonchev–Trinajstić information content (AvgIpc) is 2.69. The van der Waals surface area contributed by atoms with Crippen molar-refractivity contribution in [3.8, 4) is 0 Å². The highest BCUT2D eigenvalue weighted by molar-refractivity contribution is 14.0. The Morgan fingerprint density at radius 3 is 2.07 bits per heavy atom. The van der Waals surface area contributed by atoms with Crippen LogP contribution in [0.4, 0.5) is 0 Å². The quantitative estimate of drug-likeness (QED) is 0.282. The summed E-state index contributed by atoms with van der Waals surface area (Å²) >= 11 is 0. The van der Waals surface area contributed by atoms with Crippen LogP contribution in [-0.4, -0.2) is 49.7 Å². The summed E-state index contributed by atoms with van der Waals surface area (Å²) in [6, 6.07) is 20.4. The van der Waals surface area contributed by atoms with Gasteiger partial charge in [-0.05, 0) is 38.6 Å². The van der Waals surface area contributed by atoms with Crippen LogP contribution in [0.15, 0.2) is 65.7 Å². The minimum atomic E-state index is -0.472. The van der Waals surface area contributed by atoms with Gasteiger partial charge in [0, 0.05) is 13.1 Å². The van der Waals surface area contributed by atoms with Crippen molar-refractivity contribution < 1.29 is 5.11 Å². The molecule has 0 bridgehead atoms. The van der Waals surface area contributed by atoms with Crippen molar-refractivity contribution in [1.29, 1.82) is 0 Å². The van der Waals surface area contributed by atoms with E-state index < -0.39 is 6.10 Å². The maximum Gasteiger partial charge on any atom is 0.191 e. The number of hydrogen-bond acceptors (Lipinski definition) is 3. The van der Waals surface area contributed by atoms with E-state index in [0.717, 1.165) is 18.1 Å². The zero-order valence-corrected chi connectivity index (χ0v) is 19.3. The van der Waals surface area contributed by atoms with Gasteiger partial charge < -0.3 is 20.6 Å². The number of nitrogens with one attached hydrogen (secondary N) is 2. The molecule has 0 radical (unpaired) electrons. The molecule has 0 amide bonds. The number of nitrogens with zero attached hydrogens (tertiary/aromatic N) is 2. The zero-order chi connectivity index (χ0) is 19.5. The first-order valence-electron chi connectivity index (χ1n) is 9.58. The molecule has 0 spiro atoms. The Kier molecular flexibility index (Phi) is 11.8. The van der Waals surface area contributed by atoms with E-state index >= 15 is 0 Å². The normalized spacial score (nSPS) is 13.5. The number of aliphatic imine (C=N–C) groups is 1. The first kappa shape index (κ1) is 24.4. The minimum absolute atomic E-state index is 0. The number of likely N-dealkylation sites (N-methyl/N-ethyl adjacent to an activating group) is 1. The van der Waals surface area contributed by atoms with Crippen molar-refractivity contribution in [3.63, 3.8) is 0 Å². The van der Waals surface area contributed by atoms with Crippen LogP contribution < -0.4 is 10.6 Å². The van der Waals surface area contributed by atoms with E-state index in [1.165, 1.54) is 5.56 Å². The molecule has 154 valence electrons. The van der Waals surface area contributed by atoms with Crippen LogP contribution in [-0.2, 0) is 0 Å². The Labute approximate surface area is 186 Å². The SMILES string of the molecule is CCNC(=NCC(c1ccccc1)N(C)C)NCCC(O)c1ccccc1.I. The fourth-order valence-electron chi connectivity index (χ4n) is 2.93. The summed E-state index contributed by atoms with van der Waals surface area (Å²) < 4.78 is 0. The van der Waals surface area contributed by atoms with Crippen LogP contribution in [0, 0.1) is 0 Å². The third kappa shape index (κ3) is 8.16. The molecule has 0 aromatic heterocycles. The fraction of sp³-hybridized carbons (Fsp3) is 0.409. The van der Waals surface area contributed by atoms with Crippen molar-refractivity contribution in [2.24, 2.45) is 4.99 Å². The molecule has 28 heavy (non-hydrogen) atoms. The topological polar surface area (TPSA) is 59.9 Å². The molecule has 0 aliphatic carbocycles. The van der Waals surface area contributed by atoms with E-state index in [9.17, 15) is 5.11 Å². The predicted octanol–water partition coefficient (Wildman–Crippen LogP) is 3.59. The predicted molar refractivity (Wildman–Crippen MR) is 128 cm³/mol. The van der Waals surface area contributed by atoms with Crippen LogP contribution in [0.3, 0.4) is 0 Å². The highest BCUT2D eigenvalue weighted by atomic mass is 127. The van der Waals surface area contributed by atoms with Crippen molar-refractivity contribution in [3.05, 3.63) is 71.8 Å². The molecule has 0 saturated carbocycles. The highest BCUT2D eigenvalue weighted by Crippen LogP contribution is 2.18. The lowest BCUT2D eigenvalue weighted by Gasteiger charge is -2.23. The number of aliphatic hydroxyl groups excluding tert-OH is 1. The lowest BCUT2D eigenvalue weighted by Crippen LogP contribution is -2.39. The van der Waals surface area contributed by atoms with E-state index in [-0.39, 0.29) is 30.0 Å². The Hall–Kier alpha value is -1.64. The first-order valence-corrected chi connectivity index (χ1v) is 9.58. The van der Waals surface area contributed by atoms with E-state index in [2.05, 4.69) is 60.8 Å². The Bertz CT molecular complexity index is 679. The van der Waals surface area contributed by atoms with E-state index in [1.807, 2.05) is 36.4 Å². The van der Waals surface area contributed by atoms with Gasteiger partial charge in [-0.15, -0.1) is 24.0 Å². The number of benzene rings is 2. The lowest BCUT2D eigenvalue weighted by molar-refractivity contribution is 0.168. The molecule has 2 rings (SSSR count). The third-order valence-electron chi connectivity index (χ3n) is 4.47. The van der Waals surface area contributed by atoms with Gasteiger partial charge in [0.05, 0.1) is 18.7 Å². The molecular formula is C22H33IN4O. The summed E-state index contributed by atoms with van der Waals surface area (Å²) in [5.74, 6) is 0.778. The van der Waals surface area contributed by atoms with Crippen molar-refractivity contribution in [1.82, 2.24) is 15.5 Å². The van der Waals surface area contributed by atoms with Gasteiger partial charge in [0.15, 0.2) is 5.96 Å². The molecule has 2 unspecified atom stereocenters. The standard InChI is InChI=1S/C22H32N4O.HI/c1-4-23-22(24-16-15-21(27)19-13-9-6-10-14-19)25-17-20(26(2)3)18-11-7-5-8-12-18;/h5-14,20-21,27H,4,15-17H2,1-3H3,(H2,23,24,25);1H. The summed E-state index contributed by atoms with van der Waals surface area (Å²) in [7, 11) is 4.15. The molecule has 2 atom stereocenters. The highest BCUT2D eigenvalue weighted by Gasteiger charge is 2.13. The average molecular weight is 496 g/mol. The van der Waals surface area contributed by atoms with E-state index in [4.69, 9.17) is 4.99 Å². The number of halogens is 1. The van der Waals surface area contributed by atoms with E-state index in [0.29, 0.717) is 19.5 Å². The van der Waals surface area contributed by atoms with Crippen molar-refractivity contribution in [2.45, 2.75) is 25.5 Å². The summed E-state index contributed by atoms with van der Waals surface area (Å²) in [5.41, 5.74) is 2.19. The van der Waals surface area contributed by atoms with Crippen LogP contribution in [0.25, 0.3) is 0 Å². The number of aliphatic hydroxyl groups is 1. The number of hydrogen-bond donors (Lipinski definition) is 3. The molecule has 2 aromatic rings. The molecule has 5 nitrogen and oxygen atoms in total. The van der Waals surface area contributed by atoms with Gasteiger partial charge in [0.1, 0.15) is 0 Å². The maximum atomic E-state index is 10.3. The molecule has 6 heteroatoms. The number of rotatable bonds is 9. The Morgan fingerprint density at radius 2 is 1.54 bits per heavy atom. The second-order valence-electron chi connectivity index (χ2n) is 6.75. The summed E-state index contributed by atoms with van der Waals surface area (Å²) in [6.07, 6.45) is 0.157. The van der Waals surface area contributed by atoms with E-state index in [1.54, 1.807) is 0 Å². The van der Waals surface area contributed by atoms with Crippen LogP contribution >= 0.6 is 24.0 Å². The Balaban J connectivity index is 0.00000392. The molecule has 3 N–H and O–H groups in total. The second-order valence-corrected chi connectivity index (χ2v) is 6.75. The third-order valence-corrected chi connectivity index (χ3v) is 4.47. The molecule has 0 fully saturated rings. The van der Waals surface area contributed by atoms with Crippen LogP contribution in [0.1, 0.15) is 36.6 Å². The fourth-order valence-corrected chi connectivity index (χ4v) is 2.93. The molecule has 0 aliphatic rings. The van der Waals surface area contributed by atoms with Gasteiger partial charge in [0.2, 0.25) is 0 Å². The number of guanidine groups is 1. The second kappa shape index (κ2) is 13.5. The van der Waals surface area contributed by atoms with Crippen molar-refractivity contribution in [2.75, 3.05) is 33.7 Å². The first-order chi connectivity index (χ1) is 13.1. The lowest BCUT2D eigenvalue weighted by atomic mass is 10.1. The van der Waals surface area contributed by atoms with Gasteiger partial charge in [-0.3, -0.25) is 4.99 Å². The Morgan fingerprint density at radius 1 is 0.964 bits per heavy atom. The monoisotopic (exact) mass is 496 g/mol. The zero-order valence-electron chi connectivity index (χ0n) is 17.0. The summed E-state index contributed by atoms with van der Waals surface area (Å²) in [4.78, 5) is 6.93. The summed E-state index contributed by atoms with van der Waals surface area (Å²) in [5, 5.41) is 16.9. The van der Waals surface area contributed by atoms with Gasteiger partial charge in [-0.1, -0.05) is 60.7 Å². The molecular weight excluding hydrogens is 463 g/mol. The van der Waals surface area contributed by atoms with Gasteiger partial charge >= 0.3 is 0 Å². The minimum Gasteiger partial charge on any atom is -0.388 e. The van der Waals surface area contributed by atoms with Crippen LogP contribution in [0.5, 0.6) is 0 Å². The molecule has 2 aromatic carbocycles. The van der Waals surface area contributed by atoms with Gasteiger partial charge in [-0.2, -0.15) is 0 Å². The van der Waals surface area contributed by atoms with Crippen molar-refractivity contribution >= 4 is 29.9 Å². The molecule has 0 aliphatic heterocycles. The van der Waals surface area contributed by atoms with Gasteiger partial charge in [-0.25, -0.2) is 0 Å². The maximum absolute atomic E-state index is 10.3. The summed E-state index contributed by atoms with van der Waals surface area (Å²) in [6.45, 7) is 4.16. The molecule has 0 saturated heterocycles.